The summed E-state index contributed by atoms with van der Waals surface area (Å²) in [7, 11) is 0. The molecule has 7 heavy (non-hydrogen) atoms. The topological polar surface area (TPSA) is 40.5 Å². The fraction of sp³-hybridized carbons (Fsp3) is 0.800. The minimum atomic E-state index is 0. The lowest BCUT2D eigenvalue weighted by Crippen LogP contribution is -1.85. The molecule has 0 aromatic carbocycles. The molecule has 0 aliphatic heterocycles. The van der Waals surface area contributed by atoms with E-state index in [2.05, 4.69) is 0 Å². The van der Waals surface area contributed by atoms with Crippen LogP contribution in [0.2, 0.25) is 0 Å². The molecule has 0 fully saturated rings. The van der Waals surface area contributed by atoms with Crippen LogP contribution in [0, 0.1) is 7.43 Å². The second-order valence-electron chi connectivity index (χ2n) is 1.15. The van der Waals surface area contributed by atoms with Gasteiger partial charge in [-0.25, -0.2) is 0 Å². The standard InChI is InChI=1S/C4H10O2.CH3/c5-3-1-2-4-6;/h5-6H,1-4H2;1H3. The van der Waals surface area contributed by atoms with Crippen LogP contribution in [-0.4, -0.2) is 23.4 Å². The van der Waals surface area contributed by atoms with Crippen molar-refractivity contribution in [2.45, 2.75) is 12.8 Å². The van der Waals surface area contributed by atoms with Crippen molar-refractivity contribution in [2.24, 2.45) is 0 Å². The molecule has 0 aromatic rings. The van der Waals surface area contributed by atoms with Crippen molar-refractivity contribution in [3.8, 4) is 0 Å². The van der Waals surface area contributed by atoms with E-state index in [0.29, 0.717) is 0 Å². The first-order valence-electron chi connectivity index (χ1n) is 2.13. The predicted molar refractivity (Wildman–Crippen MR) is 29.8 cm³/mol. The maximum absolute atomic E-state index is 8.09. The summed E-state index contributed by atoms with van der Waals surface area (Å²) >= 11 is 0. The van der Waals surface area contributed by atoms with E-state index in [-0.39, 0.29) is 20.6 Å². The molecule has 0 amide bonds. The first-order chi connectivity index (χ1) is 2.91. The number of aliphatic hydroxyl groups is 2. The maximum atomic E-state index is 8.09. The number of aliphatic hydroxyl groups excluding tert-OH is 2. The van der Waals surface area contributed by atoms with Crippen molar-refractivity contribution in [1.82, 2.24) is 0 Å². The molecule has 2 N–H and O–H groups in total. The monoisotopic (exact) mass is 105 g/mol. The lowest BCUT2D eigenvalue weighted by atomic mass is 10.3. The molecule has 0 spiro atoms. The molecular formula is C5H13O2. The SMILES string of the molecule is OCCCCO.[CH3]. The first-order valence-corrected chi connectivity index (χ1v) is 2.13. The van der Waals surface area contributed by atoms with E-state index >= 15 is 0 Å². The van der Waals surface area contributed by atoms with Crippen molar-refractivity contribution in [3.05, 3.63) is 7.43 Å². The quantitative estimate of drug-likeness (QED) is 0.503. The van der Waals surface area contributed by atoms with Gasteiger partial charge in [-0.15, -0.1) is 0 Å². The van der Waals surface area contributed by atoms with Crippen LogP contribution in [0.3, 0.4) is 0 Å². The third-order valence-electron chi connectivity index (χ3n) is 0.566. The van der Waals surface area contributed by atoms with Crippen LogP contribution in [0.25, 0.3) is 0 Å². The second-order valence-corrected chi connectivity index (χ2v) is 1.15. The Hall–Kier alpha value is -0.0800. The van der Waals surface area contributed by atoms with Gasteiger partial charge in [0.25, 0.3) is 0 Å². The van der Waals surface area contributed by atoms with Gasteiger partial charge in [-0.1, -0.05) is 7.43 Å². The number of unbranched alkanes of at least 4 members (excludes halogenated alkanes) is 1. The van der Waals surface area contributed by atoms with E-state index in [4.69, 9.17) is 10.2 Å². The number of rotatable bonds is 3. The lowest BCUT2D eigenvalue weighted by molar-refractivity contribution is 0.242. The Morgan fingerprint density at radius 2 is 1.14 bits per heavy atom. The Kier molecular flexibility index (Phi) is 13.3. The summed E-state index contributed by atoms with van der Waals surface area (Å²) < 4.78 is 0. The average Bonchev–Trinajstić information content (AvgIpc) is 1.61. The van der Waals surface area contributed by atoms with Gasteiger partial charge < -0.3 is 10.2 Å². The molecule has 0 heterocycles. The van der Waals surface area contributed by atoms with E-state index in [1.807, 2.05) is 0 Å². The summed E-state index contributed by atoms with van der Waals surface area (Å²) in [6.07, 6.45) is 1.44. The number of hydrogen-bond donors (Lipinski definition) is 2. The predicted octanol–water partition coefficient (Wildman–Crippen LogP) is 0.201. The highest BCUT2D eigenvalue weighted by Crippen LogP contribution is 1.80. The van der Waals surface area contributed by atoms with Crippen molar-refractivity contribution < 1.29 is 10.2 Å². The summed E-state index contributed by atoms with van der Waals surface area (Å²) in [5, 5.41) is 16.2. The van der Waals surface area contributed by atoms with Crippen molar-refractivity contribution in [1.29, 1.82) is 0 Å². The highest BCUT2D eigenvalue weighted by atomic mass is 16.3. The van der Waals surface area contributed by atoms with Crippen LogP contribution in [-0.2, 0) is 0 Å². The third-order valence-corrected chi connectivity index (χ3v) is 0.566. The highest BCUT2D eigenvalue weighted by Gasteiger charge is 1.77. The van der Waals surface area contributed by atoms with Crippen LogP contribution in [0.4, 0.5) is 0 Å². The molecule has 0 aromatic heterocycles. The molecule has 1 radical (unpaired) electrons. The fourth-order valence-electron chi connectivity index (χ4n) is 0.224. The molecule has 0 unspecified atom stereocenters. The zero-order valence-electron chi connectivity index (χ0n) is 4.72. The molecular weight excluding hydrogens is 92.1 g/mol. The van der Waals surface area contributed by atoms with Crippen molar-refractivity contribution >= 4 is 0 Å². The Morgan fingerprint density at radius 1 is 0.857 bits per heavy atom. The smallest absolute Gasteiger partial charge is 0.0431 e. The van der Waals surface area contributed by atoms with E-state index < -0.39 is 0 Å². The van der Waals surface area contributed by atoms with Crippen molar-refractivity contribution in [2.75, 3.05) is 13.2 Å². The lowest BCUT2D eigenvalue weighted by Gasteiger charge is -1.85. The fourth-order valence-corrected chi connectivity index (χ4v) is 0.224. The normalized spacial score (nSPS) is 7.71. The Morgan fingerprint density at radius 3 is 1.29 bits per heavy atom. The first kappa shape index (κ1) is 10.0. The highest BCUT2D eigenvalue weighted by molar-refractivity contribution is 4.30. The molecule has 2 nitrogen and oxygen atoms in total. The molecule has 0 saturated carbocycles. The molecule has 0 aliphatic carbocycles. The van der Waals surface area contributed by atoms with Gasteiger partial charge in [0.1, 0.15) is 0 Å². The second kappa shape index (κ2) is 9.33. The summed E-state index contributed by atoms with van der Waals surface area (Å²) in [6, 6.07) is 0. The Balaban J connectivity index is 0. The van der Waals surface area contributed by atoms with E-state index in [0.717, 1.165) is 12.8 Å². The van der Waals surface area contributed by atoms with Gasteiger partial charge in [-0.05, 0) is 12.8 Å². The molecule has 0 saturated heterocycles. The van der Waals surface area contributed by atoms with Gasteiger partial charge in [-0.2, -0.15) is 0 Å². The van der Waals surface area contributed by atoms with Crippen LogP contribution in [0.1, 0.15) is 12.8 Å². The van der Waals surface area contributed by atoms with Crippen LogP contribution in [0.15, 0.2) is 0 Å². The van der Waals surface area contributed by atoms with Crippen LogP contribution in [0.5, 0.6) is 0 Å². The van der Waals surface area contributed by atoms with E-state index in [1.165, 1.54) is 0 Å². The van der Waals surface area contributed by atoms with Gasteiger partial charge in [-0.3, -0.25) is 0 Å². The van der Waals surface area contributed by atoms with Gasteiger partial charge >= 0.3 is 0 Å². The summed E-state index contributed by atoms with van der Waals surface area (Å²) in [4.78, 5) is 0. The largest absolute Gasteiger partial charge is 0.396 e. The van der Waals surface area contributed by atoms with Crippen molar-refractivity contribution in [3.63, 3.8) is 0 Å². The summed E-state index contributed by atoms with van der Waals surface area (Å²) in [5.74, 6) is 0. The number of hydrogen-bond acceptors (Lipinski definition) is 2. The molecule has 0 aliphatic rings. The molecule has 2 heteroatoms. The Labute approximate surface area is 44.8 Å². The Bertz CT molecular complexity index is 18.0. The van der Waals surface area contributed by atoms with Gasteiger partial charge in [0.2, 0.25) is 0 Å². The third kappa shape index (κ3) is 10.7. The van der Waals surface area contributed by atoms with E-state index in [1.54, 1.807) is 0 Å². The van der Waals surface area contributed by atoms with Crippen LogP contribution >= 0.6 is 0 Å². The summed E-state index contributed by atoms with van der Waals surface area (Å²) in [6.45, 7) is 0.390. The molecule has 45 valence electrons. The maximum Gasteiger partial charge on any atom is 0.0431 e. The van der Waals surface area contributed by atoms with Crippen LogP contribution < -0.4 is 0 Å². The molecule has 0 atom stereocenters. The zero-order chi connectivity index (χ0) is 4.83. The average molecular weight is 105 g/mol. The minimum Gasteiger partial charge on any atom is -0.396 e. The molecule has 0 bridgehead atoms. The summed E-state index contributed by atoms with van der Waals surface area (Å²) in [5.41, 5.74) is 0. The zero-order valence-corrected chi connectivity index (χ0v) is 4.72. The van der Waals surface area contributed by atoms with Gasteiger partial charge in [0.15, 0.2) is 0 Å². The van der Waals surface area contributed by atoms with Gasteiger partial charge in [0, 0.05) is 13.2 Å². The molecule has 0 rings (SSSR count). The minimum absolute atomic E-state index is 0. The van der Waals surface area contributed by atoms with E-state index in [9.17, 15) is 0 Å². The van der Waals surface area contributed by atoms with Gasteiger partial charge in [0.05, 0.1) is 0 Å².